The second kappa shape index (κ2) is 36.6. The average Bonchev–Trinajstić information content (AvgIpc) is 3.10. The summed E-state index contributed by atoms with van der Waals surface area (Å²) < 4.78 is 34.3. The standard InChI is InChI=1S/C43H86NO8P/c1-6-8-10-12-14-16-18-20-22-24-25-27-29-31-33-35-42(45)49-39-41(40-51-53(47,48)50-38-37-44(3,4)5)52-43(46)36-34-32-30-28-26-23-21-19-17-15-13-11-9-7-2/h41H,6-40H2,1-5H3/p+1. The van der Waals surface area contributed by atoms with Gasteiger partial charge in [-0.25, -0.2) is 4.57 Å². The molecule has 0 spiro atoms. The van der Waals surface area contributed by atoms with Crippen molar-refractivity contribution >= 4 is 19.8 Å². The Hall–Kier alpha value is -0.990. The van der Waals surface area contributed by atoms with Gasteiger partial charge in [0.25, 0.3) is 0 Å². The van der Waals surface area contributed by atoms with E-state index >= 15 is 0 Å². The molecule has 0 rings (SSSR count). The van der Waals surface area contributed by atoms with Gasteiger partial charge in [-0.3, -0.25) is 18.6 Å². The predicted octanol–water partition coefficient (Wildman–Crippen LogP) is 12.4. The lowest BCUT2D eigenvalue weighted by molar-refractivity contribution is -0.870. The number of ether oxygens (including phenoxy) is 2. The van der Waals surface area contributed by atoms with Crippen molar-refractivity contribution < 1.29 is 42.1 Å². The summed E-state index contributed by atoms with van der Waals surface area (Å²) in [4.78, 5) is 35.3. The number of quaternary nitrogens is 1. The zero-order chi connectivity index (χ0) is 39.3. The molecule has 2 unspecified atom stereocenters. The number of phosphoric ester groups is 1. The molecule has 9 nitrogen and oxygen atoms in total. The van der Waals surface area contributed by atoms with Crippen molar-refractivity contribution in [1.29, 1.82) is 0 Å². The molecule has 0 radical (unpaired) electrons. The van der Waals surface area contributed by atoms with Gasteiger partial charge in [-0.1, -0.05) is 187 Å². The highest BCUT2D eigenvalue weighted by molar-refractivity contribution is 7.47. The highest BCUT2D eigenvalue weighted by Crippen LogP contribution is 2.43. The number of rotatable bonds is 41. The fourth-order valence-corrected chi connectivity index (χ4v) is 7.11. The summed E-state index contributed by atoms with van der Waals surface area (Å²) in [6.07, 6.45) is 35.7. The first-order chi connectivity index (χ1) is 25.5. The van der Waals surface area contributed by atoms with Crippen LogP contribution in [0.5, 0.6) is 0 Å². The van der Waals surface area contributed by atoms with E-state index in [1.807, 2.05) is 21.1 Å². The van der Waals surface area contributed by atoms with Gasteiger partial charge in [0, 0.05) is 12.8 Å². The molecule has 0 saturated carbocycles. The van der Waals surface area contributed by atoms with E-state index in [2.05, 4.69) is 13.8 Å². The van der Waals surface area contributed by atoms with Crippen LogP contribution in [0.1, 0.15) is 213 Å². The number of unbranched alkanes of at least 4 members (excludes halogenated alkanes) is 27. The van der Waals surface area contributed by atoms with E-state index in [1.54, 1.807) is 0 Å². The number of esters is 2. The van der Waals surface area contributed by atoms with Crippen molar-refractivity contribution in [3.63, 3.8) is 0 Å². The number of likely N-dealkylation sites (N-methyl/N-ethyl adjacent to an activating group) is 1. The molecule has 53 heavy (non-hydrogen) atoms. The second-order valence-corrected chi connectivity index (χ2v) is 17.9. The molecular formula is C43H87NO8P+. The summed E-state index contributed by atoms with van der Waals surface area (Å²) in [5, 5.41) is 0. The van der Waals surface area contributed by atoms with Gasteiger partial charge in [0.1, 0.15) is 19.8 Å². The minimum atomic E-state index is -4.36. The van der Waals surface area contributed by atoms with E-state index < -0.39 is 26.5 Å². The lowest BCUT2D eigenvalue weighted by Crippen LogP contribution is -2.37. The maximum Gasteiger partial charge on any atom is 0.472 e. The quantitative estimate of drug-likeness (QED) is 0.0283. The van der Waals surface area contributed by atoms with Gasteiger partial charge in [0.15, 0.2) is 6.10 Å². The van der Waals surface area contributed by atoms with Crippen LogP contribution in [0.25, 0.3) is 0 Å². The zero-order valence-electron chi connectivity index (χ0n) is 35.5. The SMILES string of the molecule is CCCCCCCCCCCCCCCCCC(=O)OCC(COP(=O)(O)OCC[N+](C)(C)C)OC(=O)CCCCCCCCCCCCCCCC. The molecule has 10 heteroatoms. The van der Waals surface area contributed by atoms with Gasteiger partial charge in [0.2, 0.25) is 0 Å². The van der Waals surface area contributed by atoms with Gasteiger partial charge in [-0.05, 0) is 12.8 Å². The van der Waals surface area contributed by atoms with Crippen LogP contribution in [-0.2, 0) is 32.7 Å². The van der Waals surface area contributed by atoms with Crippen LogP contribution >= 0.6 is 7.82 Å². The molecule has 0 bridgehead atoms. The first-order valence-electron chi connectivity index (χ1n) is 22.3. The van der Waals surface area contributed by atoms with Gasteiger partial charge in [-0.15, -0.1) is 0 Å². The topological polar surface area (TPSA) is 108 Å². The molecule has 0 aromatic heterocycles. The number of carbonyl (C=O) groups excluding carboxylic acids is 2. The van der Waals surface area contributed by atoms with Gasteiger partial charge in [0.05, 0.1) is 27.7 Å². The van der Waals surface area contributed by atoms with Crippen LogP contribution in [0.4, 0.5) is 0 Å². The Kier molecular flexibility index (Phi) is 36.0. The second-order valence-electron chi connectivity index (χ2n) is 16.5. The van der Waals surface area contributed by atoms with Crippen molar-refractivity contribution in [2.45, 2.75) is 219 Å². The molecule has 1 N–H and O–H groups in total. The fraction of sp³-hybridized carbons (Fsp3) is 0.953. The van der Waals surface area contributed by atoms with Crippen LogP contribution in [0.15, 0.2) is 0 Å². The minimum absolute atomic E-state index is 0.0368. The van der Waals surface area contributed by atoms with Crippen LogP contribution in [0.3, 0.4) is 0 Å². The molecule has 0 aromatic carbocycles. The molecular weight excluding hydrogens is 689 g/mol. The van der Waals surface area contributed by atoms with E-state index in [0.29, 0.717) is 17.4 Å². The maximum atomic E-state index is 12.7. The largest absolute Gasteiger partial charge is 0.472 e. The Morgan fingerprint density at radius 2 is 0.849 bits per heavy atom. The summed E-state index contributed by atoms with van der Waals surface area (Å²) in [6.45, 7) is 4.46. The van der Waals surface area contributed by atoms with Crippen molar-refractivity contribution in [1.82, 2.24) is 0 Å². The Morgan fingerprint density at radius 3 is 1.21 bits per heavy atom. The van der Waals surface area contributed by atoms with Crippen LogP contribution < -0.4 is 0 Å². The first kappa shape index (κ1) is 52.0. The molecule has 0 aromatic rings. The zero-order valence-corrected chi connectivity index (χ0v) is 36.4. The molecule has 0 aliphatic rings. The van der Waals surface area contributed by atoms with Crippen molar-refractivity contribution in [3.05, 3.63) is 0 Å². The Labute approximate surface area is 327 Å². The third-order valence-corrected chi connectivity index (χ3v) is 10.9. The van der Waals surface area contributed by atoms with Crippen molar-refractivity contribution in [3.8, 4) is 0 Å². The van der Waals surface area contributed by atoms with Crippen molar-refractivity contribution in [2.24, 2.45) is 0 Å². The number of phosphoric acid groups is 1. The number of hydrogen-bond acceptors (Lipinski definition) is 7. The molecule has 0 saturated heterocycles. The smallest absolute Gasteiger partial charge is 0.462 e. The van der Waals surface area contributed by atoms with Gasteiger partial charge < -0.3 is 18.9 Å². The lowest BCUT2D eigenvalue weighted by atomic mass is 10.0. The molecule has 2 atom stereocenters. The number of hydrogen-bond donors (Lipinski definition) is 1. The van der Waals surface area contributed by atoms with E-state index in [4.69, 9.17) is 18.5 Å². The Bertz CT molecular complexity index is 881. The van der Waals surface area contributed by atoms with E-state index in [-0.39, 0.29) is 25.6 Å². The lowest BCUT2D eigenvalue weighted by Gasteiger charge is -2.24. The summed E-state index contributed by atoms with van der Waals surface area (Å²) in [6, 6.07) is 0. The number of carbonyl (C=O) groups is 2. The summed E-state index contributed by atoms with van der Waals surface area (Å²) in [7, 11) is 1.49. The first-order valence-corrected chi connectivity index (χ1v) is 23.8. The highest BCUT2D eigenvalue weighted by atomic mass is 31.2. The Balaban J connectivity index is 4.31. The van der Waals surface area contributed by atoms with E-state index in [0.717, 1.165) is 38.5 Å². The Morgan fingerprint density at radius 1 is 0.509 bits per heavy atom. The molecule has 0 aliphatic carbocycles. The summed E-state index contributed by atoms with van der Waals surface area (Å²) in [5.41, 5.74) is 0. The van der Waals surface area contributed by atoms with Crippen LogP contribution in [0.2, 0.25) is 0 Å². The van der Waals surface area contributed by atoms with E-state index in [1.165, 1.54) is 148 Å². The molecule has 0 fully saturated rings. The highest BCUT2D eigenvalue weighted by Gasteiger charge is 2.27. The van der Waals surface area contributed by atoms with Gasteiger partial charge in [-0.2, -0.15) is 0 Å². The third kappa shape index (κ3) is 40.5. The van der Waals surface area contributed by atoms with E-state index in [9.17, 15) is 19.0 Å². The molecule has 0 amide bonds. The molecule has 0 heterocycles. The third-order valence-electron chi connectivity index (χ3n) is 9.89. The minimum Gasteiger partial charge on any atom is -0.462 e. The maximum absolute atomic E-state index is 12.7. The molecule has 316 valence electrons. The predicted molar refractivity (Wildman–Crippen MR) is 220 cm³/mol. The fourth-order valence-electron chi connectivity index (χ4n) is 6.37. The molecule has 0 aliphatic heterocycles. The summed E-state index contributed by atoms with van der Waals surface area (Å²) in [5.74, 6) is -0.784. The summed E-state index contributed by atoms with van der Waals surface area (Å²) >= 11 is 0. The average molecular weight is 777 g/mol. The van der Waals surface area contributed by atoms with Crippen LogP contribution in [0, 0.1) is 0 Å². The van der Waals surface area contributed by atoms with Crippen LogP contribution in [-0.4, -0.2) is 74.9 Å². The number of nitrogens with zero attached hydrogens (tertiary/aromatic N) is 1. The normalized spacial score (nSPS) is 13.5. The van der Waals surface area contributed by atoms with Crippen molar-refractivity contribution in [2.75, 3.05) is 47.5 Å². The van der Waals surface area contributed by atoms with Gasteiger partial charge >= 0.3 is 19.8 Å². The monoisotopic (exact) mass is 777 g/mol.